The lowest BCUT2D eigenvalue weighted by molar-refractivity contribution is -0.142. The number of nitrogens with one attached hydrogen (secondary N) is 1. The summed E-state index contributed by atoms with van der Waals surface area (Å²) in [5.74, 6) is -3.40. The molecule has 3 rings (SSSR count). The maximum atomic E-state index is 13.7. The molecule has 0 unspecified atom stereocenters. The van der Waals surface area contributed by atoms with E-state index in [9.17, 15) is 27.2 Å². The Morgan fingerprint density at radius 3 is 2.46 bits per heavy atom. The number of hydrogen-bond donors (Lipinski definition) is 2. The molecular formula is C23H13Cl2F4N5O3. The van der Waals surface area contributed by atoms with Gasteiger partial charge in [0.2, 0.25) is 11.7 Å². The fourth-order valence-electron chi connectivity index (χ4n) is 3.09. The quantitative estimate of drug-likeness (QED) is 0.242. The van der Waals surface area contributed by atoms with Crippen LogP contribution >= 0.6 is 23.2 Å². The Morgan fingerprint density at radius 1 is 1.19 bits per heavy atom. The molecule has 1 aromatic heterocycles. The molecule has 0 atom stereocenters. The van der Waals surface area contributed by atoms with Crippen LogP contribution in [0.2, 0.25) is 10.0 Å². The van der Waals surface area contributed by atoms with E-state index < -0.39 is 47.2 Å². The second kappa shape index (κ2) is 10.8. The van der Waals surface area contributed by atoms with E-state index in [0.717, 1.165) is 30.3 Å². The van der Waals surface area contributed by atoms with Gasteiger partial charge in [-0.1, -0.05) is 23.2 Å². The summed E-state index contributed by atoms with van der Waals surface area (Å²) in [6, 6.07) is 8.27. The van der Waals surface area contributed by atoms with Crippen LogP contribution in [0, 0.1) is 22.6 Å². The van der Waals surface area contributed by atoms with Gasteiger partial charge in [-0.25, -0.2) is 9.37 Å². The molecule has 8 nitrogen and oxygen atoms in total. The number of allylic oxidation sites excluding steroid dienone is 1. The highest BCUT2D eigenvalue weighted by atomic mass is 35.5. The number of halogens is 6. The van der Waals surface area contributed by atoms with Crippen LogP contribution in [0.5, 0.6) is 11.5 Å². The first-order chi connectivity index (χ1) is 17.3. The van der Waals surface area contributed by atoms with Crippen molar-refractivity contribution in [1.29, 1.82) is 10.7 Å². The van der Waals surface area contributed by atoms with Crippen LogP contribution in [0.1, 0.15) is 16.8 Å². The SMILES string of the molecule is N#Cc1cc(Cl)cc(Oc2c(C(F)(F)F)ncn(CC(=N)/C=C(\C(N)=O)c3cc(F)cc(Cl)c3)c2=O)c1. The number of carbonyl (C=O) groups is 1. The summed E-state index contributed by atoms with van der Waals surface area (Å²) in [7, 11) is 0. The Balaban J connectivity index is 2.04. The number of primary amides is 1. The van der Waals surface area contributed by atoms with Crippen LogP contribution < -0.4 is 16.0 Å². The smallest absolute Gasteiger partial charge is 0.437 e. The Morgan fingerprint density at radius 2 is 1.86 bits per heavy atom. The summed E-state index contributed by atoms with van der Waals surface area (Å²) in [6.07, 6.45) is -3.64. The first-order valence-corrected chi connectivity index (χ1v) is 10.6. The molecule has 0 fully saturated rings. The summed E-state index contributed by atoms with van der Waals surface area (Å²) in [5.41, 5.74) is 1.44. The predicted octanol–water partition coefficient (Wildman–Crippen LogP) is 4.96. The third-order valence-electron chi connectivity index (χ3n) is 4.58. The minimum Gasteiger partial charge on any atom is -0.449 e. The Bertz CT molecular complexity index is 1520. The highest BCUT2D eigenvalue weighted by Crippen LogP contribution is 2.35. The fraction of sp³-hybridized carbons (Fsp3) is 0.0870. The number of benzene rings is 2. The number of hydrogen-bond acceptors (Lipinski definition) is 6. The second-order valence-corrected chi connectivity index (χ2v) is 8.22. The van der Waals surface area contributed by atoms with Gasteiger partial charge in [0.1, 0.15) is 11.6 Å². The third kappa shape index (κ3) is 6.72. The van der Waals surface area contributed by atoms with E-state index >= 15 is 0 Å². The van der Waals surface area contributed by atoms with Gasteiger partial charge < -0.3 is 15.9 Å². The third-order valence-corrected chi connectivity index (χ3v) is 5.02. The molecule has 3 aromatic rings. The predicted molar refractivity (Wildman–Crippen MR) is 126 cm³/mol. The zero-order valence-corrected chi connectivity index (χ0v) is 19.7. The van der Waals surface area contributed by atoms with Crippen molar-refractivity contribution in [3.8, 4) is 17.6 Å². The monoisotopic (exact) mass is 553 g/mol. The van der Waals surface area contributed by atoms with Gasteiger partial charge in [0.25, 0.3) is 5.56 Å². The average Bonchev–Trinajstić information content (AvgIpc) is 2.78. The molecule has 0 aliphatic heterocycles. The fourth-order valence-corrected chi connectivity index (χ4v) is 3.54. The van der Waals surface area contributed by atoms with Crippen molar-refractivity contribution < 1.29 is 27.1 Å². The summed E-state index contributed by atoms with van der Waals surface area (Å²) >= 11 is 11.6. The van der Waals surface area contributed by atoms with E-state index in [2.05, 4.69) is 4.98 Å². The van der Waals surface area contributed by atoms with Gasteiger partial charge in [-0.3, -0.25) is 14.2 Å². The number of ether oxygens (including phenoxy) is 1. The van der Waals surface area contributed by atoms with Crippen molar-refractivity contribution >= 4 is 40.4 Å². The van der Waals surface area contributed by atoms with Gasteiger partial charge in [0.15, 0.2) is 5.69 Å². The van der Waals surface area contributed by atoms with Gasteiger partial charge in [-0.15, -0.1) is 0 Å². The van der Waals surface area contributed by atoms with Crippen LogP contribution in [0.25, 0.3) is 5.57 Å². The van der Waals surface area contributed by atoms with E-state index in [0.29, 0.717) is 10.9 Å². The normalized spacial score (nSPS) is 11.6. The second-order valence-electron chi connectivity index (χ2n) is 7.35. The number of aromatic nitrogens is 2. The number of nitrogens with two attached hydrogens (primary N) is 1. The van der Waals surface area contributed by atoms with Crippen molar-refractivity contribution in [2.45, 2.75) is 12.7 Å². The molecule has 0 saturated carbocycles. The van der Waals surface area contributed by atoms with Crippen molar-refractivity contribution in [2.24, 2.45) is 5.73 Å². The molecule has 0 aliphatic rings. The topological polar surface area (TPSA) is 135 Å². The number of nitrogens with zero attached hydrogens (tertiary/aromatic N) is 3. The van der Waals surface area contributed by atoms with Crippen molar-refractivity contribution in [1.82, 2.24) is 9.55 Å². The van der Waals surface area contributed by atoms with Gasteiger partial charge in [-0.05, 0) is 48.0 Å². The number of alkyl halides is 3. The Kier molecular flexibility index (Phi) is 8.00. The van der Waals surface area contributed by atoms with E-state index in [4.69, 9.17) is 44.3 Å². The minimum atomic E-state index is -5.09. The molecule has 0 saturated heterocycles. The van der Waals surface area contributed by atoms with E-state index in [1.807, 2.05) is 0 Å². The van der Waals surface area contributed by atoms with E-state index in [1.165, 1.54) is 12.1 Å². The molecule has 14 heteroatoms. The molecule has 0 radical (unpaired) electrons. The zero-order valence-electron chi connectivity index (χ0n) is 18.2. The highest BCUT2D eigenvalue weighted by molar-refractivity contribution is 6.31. The maximum Gasteiger partial charge on any atom is 0.437 e. The number of carbonyl (C=O) groups excluding carboxylic acids is 1. The molecule has 1 heterocycles. The first kappa shape index (κ1) is 27.4. The van der Waals surface area contributed by atoms with Crippen LogP contribution in [-0.2, 0) is 17.5 Å². The van der Waals surface area contributed by atoms with Gasteiger partial charge in [-0.2, -0.15) is 18.4 Å². The molecule has 0 spiro atoms. The summed E-state index contributed by atoms with van der Waals surface area (Å²) in [4.78, 5) is 28.1. The summed E-state index contributed by atoms with van der Waals surface area (Å²) in [6.45, 7) is -0.668. The first-order valence-electron chi connectivity index (χ1n) is 9.89. The van der Waals surface area contributed by atoms with Crippen LogP contribution in [0.4, 0.5) is 17.6 Å². The summed E-state index contributed by atoms with van der Waals surface area (Å²) in [5, 5.41) is 17.1. The van der Waals surface area contributed by atoms with Crippen molar-refractivity contribution in [3.63, 3.8) is 0 Å². The lowest BCUT2D eigenvalue weighted by atomic mass is 10.0. The van der Waals surface area contributed by atoms with Crippen molar-refractivity contribution in [3.05, 3.63) is 91.8 Å². The average molecular weight is 554 g/mol. The largest absolute Gasteiger partial charge is 0.449 e. The van der Waals surface area contributed by atoms with Crippen LogP contribution in [0.3, 0.4) is 0 Å². The number of rotatable bonds is 7. The van der Waals surface area contributed by atoms with Crippen LogP contribution in [-0.4, -0.2) is 21.2 Å². The molecule has 2 aromatic carbocycles. The Hall–Kier alpha value is -4.21. The number of nitriles is 1. The molecule has 0 aliphatic carbocycles. The van der Waals surface area contributed by atoms with Gasteiger partial charge in [0, 0.05) is 15.6 Å². The molecule has 190 valence electrons. The zero-order chi connectivity index (χ0) is 27.5. The Labute approximate surface area is 215 Å². The lowest BCUT2D eigenvalue weighted by Crippen LogP contribution is -2.28. The van der Waals surface area contributed by atoms with Crippen molar-refractivity contribution in [2.75, 3.05) is 0 Å². The molecular weight excluding hydrogens is 541 g/mol. The molecule has 3 N–H and O–H groups in total. The van der Waals surface area contributed by atoms with E-state index in [1.54, 1.807) is 6.07 Å². The van der Waals surface area contributed by atoms with Gasteiger partial charge in [0.05, 0.1) is 30.2 Å². The molecule has 1 amide bonds. The highest BCUT2D eigenvalue weighted by Gasteiger charge is 2.38. The van der Waals surface area contributed by atoms with E-state index in [-0.39, 0.29) is 32.5 Å². The standard InChI is InChI=1S/C23H13Cl2F4N5O3/c24-13-1-11(8-30)2-17(6-13)37-19-20(23(27,28)29)33-10-34(22(19)36)9-16(31)7-18(21(32)35)12-3-14(25)5-15(26)4-12/h1-7,10,31H,9H2,(H2,32,35)/b18-7-,31-16?. The minimum absolute atomic E-state index is 0.0322. The van der Waals surface area contributed by atoms with Crippen LogP contribution in [0.15, 0.2) is 53.6 Å². The molecule has 37 heavy (non-hydrogen) atoms. The van der Waals surface area contributed by atoms with Gasteiger partial charge >= 0.3 is 6.18 Å². The molecule has 0 bridgehead atoms. The summed E-state index contributed by atoms with van der Waals surface area (Å²) < 4.78 is 60.1. The maximum absolute atomic E-state index is 13.7. The number of amides is 1. The lowest BCUT2D eigenvalue weighted by Gasteiger charge is -2.15.